The minimum absolute atomic E-state index is 0.388. The molecule has 0 spiro atoms. The maximum Gasteiger partial charge on any atom is 0.188 e. The van der Waals surface area contributed by atoms with Gasteiger partial charge in [0.05, 0.1) is 18.2 Å². The minimum Gasteiger partial charge on any atom is -0.493 e. The van der Waals surface area contributed by atoms with Gasteiger partial charge in [-0.25, -0.2) is 4.68 Å². The summed E-state index contributed by atoms with van der Waals surface area (Å²) in [7, 11) is 0. The number of tetrazole rings is 1. The van der Waals surface area contributed by atoms with Crippen molar-refractivity contribution in [3.63, 3.8) is 0 Å². The number of aromatic nitrogens is 4. The number of nitrogens with two attached hydrogens (primary N) is 1. The lowest BCUT2D eigenvalue weighted by Gasteiger charge is -2.26. The molecule has 100 valence electrons. The van der Waals surface area contributed by atoms with Crippen LogP contribution in [0.3, 0.4) is 0 Å². The molecule has 2 aromatic rings. The van der Waals surface area contributed by atoms with Crippen molar-refractivity contribution in [2.24, 2.45) is 0 Å². The largest absolute Gasteiger partial charge is 0.493 e. The molecule has 1 aliphatic carbocycles. The first-order chi connectivity index (χ1) is 9.31. The molecular formula is C13H17N5O. The van der Waals surface area contributed by atoms with Gasteiger partial charge in [-0.15, -0.1) is 5.10 Å². The summed E-state index contributed by atoms with van der Waals surface area (Å²) in [6.07, 6.45) is 3.47. The molecule has 1 heterocycles. The first kappa shape index (κ1) is 12.0. The Morgan fingerprint density at radius 3 is 2.95 bits per heavy atom. The van der Waals surface area contributed by atoms with Crippen molar-refractivity contribution < 1.29 is 4.74 Å². The van der Waals surface area contributed by atoms with Crippen LogP contribution in [0.5, 0.6) is 5.75 Å². The molecule has 0 radical (unpaired) electrons. The third-order valence-electron chi connectivity index (χ3n) is 3.50. The molecule has 6 heteroatoms. The smallest absolute Gasteiger partial charge is 0.188 e. The molecule has 1 aromatic heterocycles. The number of rotatable bonds is 4. The lowest BCUT2D eigenvalue weighted by Crippen LogP contribution is -2.19. The molecular weight excluding hydrogens is 242 g/mol. The number of ether oxygens (including phenoxy) is 1. The van der Waals surface area contributed by atoms with Gasteiger partial charge in [-0.1, -0.05) is 6.07 Å². The average molecular weight is 259 g/mol. The molecule has 3 rings (SSSR count). The van der Waals surface area contributed by atoms with E-state index in [2.05, 4.69) is 15.5 Å². The van der Waals surface area contributed by atoms with Crippen molar-refractivity contribution in [3.05, 3.63) is 18.2 Å². The van der Waals surface area contributed by atoms with E-state index >= 15 is 0 Å². The molecule has 6 nitrogen and oxygen atoms in total. The SMILES string of the molecule is CCOc1cccc(N)c1-c1nnnn1C1CCC1. The van der Waals surface area contributed by atoms with Crippen LogP contribution in [-0.4, -0.2) is 26.8 Å². The second-order valence-electron chi connectivity index (χ2n) is 4.69. The Hall–Kier alpha value is -2.11. The quantitative estimate of drug-likeness (QED) is 0.850. The number of hydrogen-bond acceptors (Lipinski definition) is 5. The molecule has 19 heavy (non-hydrogen) atoms. The summed E-state index contributed by atoms with van der Waals surface area (Å²) in [5.41, 5.74) is 7.52. The molecule has 1 aliphatic rings. The van der Waals surface area contributed by atoms with Gasteiger partial charge in [0, 0.05) is 5.69 Å². The number of anilines is 1. The Morgan fingerprint density at radius 2 is 2.26 bits per heavy atom. The molecule has 1 saturated carbocycles. The van der Waals surface area contributed by atoms with Crippen LogP contribution in [0, 0.1) is 0 Å². The van der Waals surface area contributed by atoms with Crippen molar-refractivity contribution >= 4 is 5.69 Å². The average Bonchev–Trinajstić information content (AvgIpc) is 2.76. The second-order valence-corrected chi connectivity index (χ2v) is 4.69. The van der Waals surface area contributed by atoms with E-state index in [-0.39, 0.29) is 0 Å². The zero-order chi connectivity index (χ0) is 13.2. The summed E-state index contributed by atoms with van der Waals surface area (Å²) < 4.78 is 7.51. The first-order valence-electron chi connectivity index (χ1n) is 6.60. The monoisotopic (exact) mass is 259 g/mol. The summed E-state index contributed by atoms with van der Waals surface area (Å²) in [6, 6.07) is 6.01. The number of hydrogen-bond donors (Lipinski definition) is 1. The van der Waals surface area contributed by atoms with E-state index in [1.807, 2.05) is 29.8 Å². The number of nitrogen functional groups attached to an aromatic ring is 1. The van der Waals surface area contributed by atoms with Gasteiger partial charge in [-0.05, 0) is 48.7 Å². The summed E-state index contributed by atoms with van der Waals surface area (Å²) in [5, 5.41) is 12.0. The second kappa shape index (κ2) is 4.87. The molecule has 0 unspecified atom stereocenters. The normalized spacial score (nSPS) is 15.2. The molecule has 0 saturated heterocycles. The fourth-order valence-corrected chi connectivity index (χ4v) is 2.30. The van der Waals surface area contributed by atoms with E-state index in [1.54, 1.807) is 0 Å². The lowest BCUT2D eigenvalue weighted by molar-refractivity contribution is 0.286. The van der Waals surface area contributed by atoms with Gasteiger partial charge in [0.1, 0.15) is 5.75 Å². The Balaban J connectivity index is 2.08. The Bertz CT molecular complexity index is 576. The molecule has 0 bridgehead atoms. The van der Waals surface area contributed by atoms with Crippen LogP contribution in [0.2, 0.25) is 0 Å². The minimum atomic E-state index is 0.388. The molecule has 2 N–H and O–H groups in total. The van der Waals surface area contributed by atoms with Crippen molar-refractivity contribution in [2.45, 2.75) is 32.2 Å². The van der Waals surface area contributed by atoms with E-state index in [1.165, 1.54) is 6.42 Å². The van der Waals surface area contributed by atoms with Gasteiger partial charge in [0.15, 0.2) is 5.82 Å². The lowest BCUT2D eigenvalue weighted by atomic mass is 9.93. The third kappa shape index (κ3) is 2.03. The van der Waals surface area contributed by atoms with Gasteiger partial charge in [0.2, 0.25) is 0 Å². The van der Waals surface area contributed by atoms with Crippen LogP contribution < -0.4 is 10.5 Å². The van der Waals surface area contributed by atoms with E-state index in [0.29, 0.717) is 24.2 Å². The number of benzene rings is 1. The Labute approximate surface area is 111 Å². The zero-order valence-electron chi connectivity index (χ0n) is 10.9. The summed E-state index contributed by atoms with van der Waals surface area (Å²) in [4.78, 5) is 0. The van der Waals surface area contributed by atoms with E-state index < -0.39 is 0 Å². The molecule has 1 fully saturated rings. The van der Waals surface area contributed by atoms with Crippen molar-refractivity contribution in [1.82, 2.24) is 20.2 Å². The van der Waals surface area contributed by atoms with Crippen LogP contribution in [0.4, 0.5) is 5.69 Å². The van der Waals surface area contributed by atoms with Gasteiger partial charge in [-0.2, -0.15) is 0 Å². The fourth-order valence-electron chi connectivity index (χ4n) is 2.30. The van der Waals surface area contributed by atoms with Gasteiger partial charge in [0.25, 0.3) is 0 Å². The fraction of sp³-hybridized carbons (Fsp3) is 0.462. The predicted molar refractivity (Wildman–Crippen MR) is 71.7 cm³/mol. The summed E-state index contributed by atoms with van der Waals surface area (Å²) >= 11 is 0. The van der Waals surface area contributed by atoms with Crippen molar-refractivity contribution in [3.8, 4) is 17.1 Å². The Morgan fingerprint density at radius 1 is 1.42 bits per heavy atom. The van der Waals surface area contributed by atoms with Crippen molar-refractivity contribution in [1.29, 1.82) is 0 Å². The van der Waals surface area contributed by atoms with E-state index in [9.17, 15) is 0 Å². The molecule has 0 atom stereocenters. The van der Waals surface area contributed by atoms with Crippen LogP contribution in [0.1, 0.15) is 32.2 Å². The highest BCUT2D eigenvalue weighted by atomic mass is 16.5. The standard InChI is InChI=1S/C13H17N5O/c1-2-19-11-8-4-7-10(14)12(11)13-15-16-17-18(13)9-5-3-6-9/h4,7-9H,2-3,5-6,14H2,1H3. The summed E-state index contributed by atoms with van der Waals surface area (Å²) in [6.45, 7) is 2.53. The molecule has 1 aromatic carbocycles. The van der Waals surface area contributed by atoms with Gasteiger partial charge >= 0.3 is 0 Å². The van der Waals surface area contributed by atoms with E-state index in [4.69, 9.17) is 10.5 Å². The predicted octanol–water partition coefficient (Wildman–Crippen LogP) is 2.05. The van der Waals surface area contributed by atoms with Crippen LogP contribution in [-0.2, 0) is 0 Å². The first-order valence-corrected chi connectivity index (χ1v) is 6.60. The van der Waals surface area contributed by atoms with Gasteiger partial charge < -0.3 is 10.5 Å². The molecule has 0 amide bonds. The van der Waals surface area contributed by atoms with Crippen LogP contribution >= 0.6 is 0 Å². The van der Waals surface area contributed by atoms with E-state index in [0.717, 1.165) is 24.2 Å². The van der Waals surface area contributed by atoms with Crippen LogP contribution in [0.25, 0.3) is 11.4 Å². The third-order valence-corrected chi connectivity index (χ3v) is 3.50. The van der Waals surface area contributed by atoms with Crippen LogP contribution in [0.15, 0.2) is 18.2 Å². The Kier molecular flexibility index (Phi) is 3.06. The topological polar surface area (TPSA) is 78.8 Å². The maximum absolute atomic E-state index is 6.08. The summed E-state index contributed by atoms with van der Waals surface area (Å²) in [5.74, 6) is 1.43. The highest BCUT2D eigenvalue weighted by molar-refractivity contribution is 5.77. The zero-order valence-corrected chi connectivity index (χ0v) is 10.9. The number of nitrogens with zero attached hydrogens (tertiary/aromatic N) is 4. The maximum atomic E-state index is 6.08. The highest BCUT2D eigenvalue weighted by Crippen LogP contribution is 2.38. The highest BCUT2D eigenvalue weighted by Gasteiger charge is 2.26. The van der Waals surface area contributed by atoms with Gasteiger partial charge in [-0.3, -0.25) is 0 Å². The van der Waals surface area contributed by atoms with Crippen molar-refractivity contribution in [2.75, 3.05) is 12.3 Å². The molecule has 0 aliphatic heterocycles.